The van der Waals surface area contributed by atoms with Crippen LogP contribution in [0, 0.1) is 0 Å². The Labute approximate surface area is 87.2 Å². The van der Waals surface area contributed by atoms with Crippen LogP contribution in [0.1, 0.15) is 40.5 Å². The lowest BCUT2D eigenvalue weighted by molar-refractivity contribution is 0.202. The van der Waals surface area contributed by atoms with Crippen LogP contribution >= 0.6 is 0 Å². The molecule has 0 saturated heterocycles. The Morgan fingerprint density at radius 2 is 1.86 bits per heavy atom. The molecule has 0 aliphatic heterocycles. The average molecular weight is 196 g/mol. The normalized spacial score (nSPS) is 14.4. The Morgan fingerprint density at radius 1 is 1.29 bits per heavy atom. The van der Waals surface area contributed by atoms with Crippen molar-refractivity contribution in [1.82, 2.24) is 0 Å². The summed E-state index contributed by atoms with van der Waals surface area (Å²) in [5.74, 6) is 0. The minimum absolute atomic E-state index is 0.580. The monoisotopic (exact) mass is 196 g/mol. The van der Waals surface area contributed by atoms with Gasteiger partial charge in [-0.2, -0.15) is 0 Å². The number of halogens is 1. The lowest BCUT2D eigenvalue weighted by Crippen LogP contribution is -2.10. The van der Waals surface area contributed by atoms with Gasteiger partial charge in [-0.15, -0.1) is 0 Å². The molecule has 0 spiro atoms. The Kier molecular flexibility index (Phi) is 5.44. The molecule has 0 atom stereocenters. The number of hydrogen-bond acceptors (Lipinski definition) is 0. The smallest absolute Gasteiger partial charge is 0.105 e. The topological polar surface area (TPSA) is 0 Å². The van der Waals surface area contributed by atoms with Crippen LogP contribution < -0.4 is 0 Å². The largest absolute Gasteiger partial charge is 0.244 e. The Balaban J connectivity index is 4.09. The summed E-state index contributed by atoms with van der Waals surface area (Å²) in [7, 11) is 0. The van der Waals surface area contributed by atoms with Crippen molar-refractivity contribution in [2.75, 3.05) is 0 Å². The molecule has 0 amide bonds. The van der Waals surface area contributed by atoms with Gasteiger partial charge in [-0.25, -0.2) is 4.39 Å². The first kappa shape index (κ1) is 13.2. The molecule has 1 heteroatoms. The summed E-state index contributed by atoms with van der Waals surface area (Å²) in [5.41, 5.74) is 1.27. The second kappa shape index (κ2) is 5.79. The number of allylic oxidation sites excluding steroid dienone is 5. The third-order valence-electron chi connectivity index (χ3n) is 2.07. The van der Waals surface area contributed by atoms with E-state index in [1.807, 2.05) is 32.1 Å². The highest BCUT2D eigenvalue weighted by molar-refractivity contribution is 5.22. The summed E-state index contributed by atoms with van der Waals surface area (Å²) in [4.78, 5) is 0. The Hall–Kier alpha value is -0.850. The lowest BCUT2D eigenvalue weighted by Gasteiger charge is -2.13. The maximum absolute atomic E-state index is 13.2. The van der Waals surface area contributed by atoms with E-state index in [4.69, 9.17) is 0 Å². The van der Waals surface area contributed by atoms with E-state index in [-0.39, 0.29) is 0 Å². The Morgan fingerprint density at radius 3 is 2.29 bits per heavy atom. The highest BCUT2D eigenvalue weighted by atomic mass is 19.1. The predicted octanol–water partition coefficient (Wildman–Crippen LogP) is 4.59. The summed E-state index contributed by atoms with van der Waals surface area (Å²) >= 11 is 0. The molecule has 0 aliphatic carbocycles. The summed E-state index contributed by atoms with van der Waals surface area (Å²) in [6, 6.07) is 0. The average Bonchev–Trinajstić information content (AvgIpc) is 2.09. The van der Waals surface area contributed by atoms with Crippen LogP contribution in [0.15, 0.2) is 36.0 Å². The number of alkyl halides is 1. The SMILES string of the molecule is C=C/C(C)=C\C=C(/C)CCC(C)(C)F. The molecule has 0 nitrogen and oxygen atoms in total. The summed E-state index contributed by atoms with van der Waals surface area (Å²) in [6.45, 7) is 10.9. The van der Waals surface area contributed by atoms with Crippen molar-refractivity contribution in [3.63, 3.8) is 0 Å². The zero-order chi connectivity index (χ0) is 11.2. The van der Waals surface area contributed by atoms with Crippen LogP contribution in [-0.2, 0) is 0 Å². The first-order valence-electron chi connectivity index (χ1n) is 5.00. The molecule has 0 fully saturated rings. The zero-order valence-electron chi connectivity index (χ0n) is 9.73. The van der Waals surface area contributed by atoms with E-state index in [1.54, 1.807) is 13.8 Å². The fraction of sp³-hybridized carbons (Fsp3) is 0.538. The molecular weight excluding hydrogens is 175 g/mol. The summed E-state index contributed by atoms with van der Waals surface area (Å²) in [5, 5.41) is 0. The van der Waals surface area contributed by atoms with Crippen molar-refractivity contribution in [2.24, 2.45) is 0 Å². The van der Waals surface area contributed by atoms with E-state index >= 15 is 0 Å². The molecule has 80 valence electrons. The van der Waals surface area contributed by atoms with Crippen molar-refractivity contribution >= 4 is 0 Å². The van der Waals surface area contributed by atoms with Crippen molar-refractivity contribution < 1.29 is 4.39 Å². The summed E-state index contributed by atoms with van der Waals surface area (Å²) in [6.07, 6.45) is 7.24. The van der Waals surface area contributed by atoms with Crippen LogP contribution in [0.4, 0.5) is 4.39 Å². The van der Waals surface area contributed by atoms with Gasteiger partial charge in [0, 0.05) is 0 Å². The van der Waals surface area contributed by atoms with Crippen molar-refractivity contribution in [1.29, 1.82) is 0 Å². The zero-order valence-corrected chi connectivity index (χ0v) is 9.73. The van der Waals surface area contributed by atoms with E-state index in [1.165, 1.54) is 5.57 Å². The van der Waals surface area contributed by atoms with Gasteiger partial charge < -0.3 is 0 Å². The van der Waals surface area contributed by atoms with Crippen LogP contribution in [0.25, 0.3) is 0 Å². The highest BCUT2D eigenvalue weighted by Crippen LogP contribution is 2.19. The van der Waals surface area contributed by atoms with E-state index in [9.17, 15) is 4.39 Å². The molecule has 0 aromatic heterocycles. The molecule has 0 aromatic rings. The van der Waals surface area contributed by atoms with E-state index in [0.717, 1.165) is 12.0 Å². The second-order valence-electron chi connectivity index (χ2n) is 4.35. The van der Waals surface area contributed by atoms with Crippen molar-refractivity contribution in [3.8, 4) is 0 Å². The van der Waals surface area contributed by atoms with Gasteiger partial charge in [-0.1, -0.05) is 36.0 Å². The molecule has 0 bridgehead atoms. The molecular formula is C13H21F. The maximum atomic E-state index is 13.2. The third-order valence-corrected chi connectivity index (χ3v) is 2.07. The number of rotatable bonds is 5. The fourth-order valence-corrected chi connectivity index (χ4v) is 0.919. The summed E-state index contributed by atoms with van der Waals surface area (Å²) < 4.78 is 13.2. The van der Waals surface area contributed by atoms with Gasteiger partial charge >= 0.3 is 0 Å². The predicted molar refractivity (Wildman–Crippen MR) is 62.1 cm³/mol. The van der Waals surface area contributed by atoms with Gasteiger partial charge in [-0.3, -0.25) is 0 Å². The van der Waals surface area contributed by atoms with E-state index in [2.05, 4.69) is 6.58 Å². The molecule has 0 aromatic carbocycles. The molecule has 0 heterocycles. The molecule has 0 rings (SSSR count). The first-order chi connectivity index (χ1) is 6.35. The van der Waals surface area contributed by atoms with Crippen LogP contribution in [0.3, 0.4) is 0 Å². The first-order valence-corrected chi connectivity index (χ1v) is 5.00. The minimum atomic E-state index is -1.06. The van der Waals surface area contributed by atoms with Gasteiger partial charge in [0.05, 0.1) is 0 Å². The van der Waals surface area contributed by atoms with Crippen LogP contribution in [0.2, 0.25) is 0 Å². The van der Waals surface area contributed by atoms with Gasteiger partial charge in [-0.05, 0) is 40.5 Å². The van der Waals surface area contributed by atoms with Crippen LogP contribution in [-0.4, -0.2) is 5.67 Å². The highest BCUT2D eigenvalue weighted by Gasteiger charge is 2.14. The minimum Gasteiger partial charge on any atom is -0.244 e. The standard InChI is InChI=1S/C13H21F/c1-6-11(2)7-8-12(3)9-10-13(4,5)14/h6-8H,1,9-10H2,2-5H3/b11-7-,12-8+. The molecule has 0 N–H and O–H groups in total. The van der Waals surface area contributed by atoms with Crippen LogP contribution in [0.5, 0.6) is 0 Å². The third kappa shape index (κ3) is 7.78. The fourth-order valence-electron chi connectivity index (χ4n) is 0.919. The van der Waals surface area contributed by atoms with Crippen molar-refractivity contribution in [3.05, 3.63) is 36.0 Å². The molecule has 0 radical (unpaired) electrons. The van der Waals surface area contributed by atoms with Gasteiger partial charge in [0.15, 0.2) is 0 Å². The van der Waals surface area contributed by atoms with Gasteiger partial charge in [0.2, 0.25) is 0 Å². The van der Waals surface area contributed by atoms with Gasteiger partial charge in [0.1, 0.15) is 5.67 Å². The van der Waals surface area contributed by atoms with E-state index < -0.39 is 5.67 Å². The number of hydrogen-bond donors (Lipinski definition) is 0. The molecule has 0 saturated carbocycles. The molecule has 0 aliphatic rings. The van der Waals surface area contributed by atoms with Crippen molar-refractivity contribution in [2.45, 2.75) is 46.2 Å². The quantitative estimate of drug-likeness (QED) is 0.564. The molecule has 0 unspecified atom stereocenters. The molecule has 14 heavy (non-hydrogen) atoms. The van der Waals surface area contributed by atoms with E-state index in [0.29, 0.717) is 6.42 Å². The Bertz CT molecular complexity index is 238. The van der Waals surface area contributed by atoms with Gasteiger partial charge in [0.25, 0.3) is 0 Å². The second-order valence-corrected chi connectivity index (χ2v) is 4.35. The maximum Gasteiger partial charge on any atom is 0.105 e. The lowest BCUT2D eigenvalue weighted by atomic mass is 10.0.